The fourth-order valence-corrected chi connectivity index (χ4v) is 3.98. The molecule has 0 aliphatic carbocycles. The Morgan fingerprint density at radius 3 is 2.60 bits per heavy atom. The van der Waals surface area contributed by atoms with Crippen molar-refractivity contribution in [3.8, 4) is 0 Å². The van der Waals surface area contributed by atoms with E-state index in [2.05, 4.69) is 19.6 Å². The Balaban J connectivity index is 2.27. The molecule has 0 atom stereocenters. The summed E-state index contributed by atoms with van der Waals surface area (Å²) in [5, 5.41) is 0.0320. The average molecular weight is 317 g/mol. The molecule has 0 radical (unpaired) electrons. The number of thiocarbonyl (C=S) groups is 1. The Bertz CT molecular complexity index is 602. The fraction of sp³-hybridized carbons (Fsp3) is 0.636. The predicted molar refractivity (Wildman–Crippen MR) is 79.9 cm³/mol. The lowest BCUT2D eigenvalue weighted by Crippen LogP contribution is -2.61. The number of hydrogen-bond donors (Lipinski definition) is 3. The monoisotopic (exact) mass is 317 g/mol. The van der Waals surface area contributed by atoms with Crippen LogP contribution >= 0.6 is 12.2 Å². The molecule has 1 aromatic rings. The van der Waals surface area contributed by atoms with Crippen LogP contribution in [-0.2, 0) is 10.0 Å². The Morgan fingerprint density at radius 1 is 1.55 bits per heavy atom. The molecule has 0 spiro atoms. The van der Waals surface area contributed by atoms with Gasteiger partial charge in [0.25, 0.3) is 10.0 Å². The molecule has 1 aromatic heterocycles. The predicted octanol–water partition coefficient (Wildman–Crippen LogP) is -0.253. The smallest absolute Gasteiger partial charge is 0.258 e. The number of aromatic amines is 1. The lowest BCUT2D eigenvalue weighted by molar-refractivity contribution is 0.220. The molecule has 2 heterocycles. The third-order valence-electron chi connectivity index (χ3n) is 3.61. The number of nitrogens with one attached hydrogen (secondary N) is 2. The Hall–Kier alpha value is -1.03. The summed E-state index contributed by atoms with van der Waals surface area (Å²) >= 11 is 5.10. The van der Waals surface area contributed by atoms with E-state index in [1.807, 2.05) is 7.05 Å². The van der Waals surface area contributed by atoms with Gasteiger partial charge >= 0.3 is 0 Å². The van der Waals surface area contributed by atoms with Gasteiger partial charge in [-0.25, -0.2) is 13.4 Å². The van der Waals surface area contributed by atoms with E-state index in [4.69, 9.17) is 18.0 Å². The molecule has 7 nitrogen and oxygen atoms in total. The van der Waals surface area contributed by atoms with Gasteiger partial charge in [-0.1, -0.05) is 12.2 Å². The van der Waals surface area contributed by atoms with Crippen LogP contribution in [-0.4, -0.2) is 54.0 Å². The van der Waals surface area contributed by atoms with Crippen LogP contribution in [0, 0.1) is 6.92 Å². The first-order chi connectivity index (χ1) is 9.25. The van der Waals surface area contributed by atoms with Crippen molar-refractivity contribution >= 4 is 27.2 Å². The summed E-state index contributed by atoms with van der Waals surface area (Å²) < 4.78 is 27.5. The Morgan fingerprint density at radius 2 is 2.15 bits per heavy atom. The number of piperidine rings is 1. The van der Waals surface area contributed by atoms with Crippen LogP contribution in [0.5, 0.6) is 0 Å². The highest BCUT2D eigenvalue weighted by atomic mass is 32.2. The molecule has 1 fully saturated rings. The molecule has 9 heteroatoms. The van der Waals surface area contributed by atoms with E-state index in [0.29, 0.717) is 18.7 Å². The number of aromatic nitrogens is 2. The number of aryl methyl sites for hydroxylation is 1. The third-order valence-corrected chi connectivity index (χ3v) is 5.45. The molecule has 4 N–H and O–H groups in total. The van der Waals surface area contributed by atoms with Gasteiger partial charge < -0.3 is 15.6 Å². The van der Waals surface area contributed by atoms with Gasteiger partial charge in [0.2, 0.25) is 0 Å². The quantitative estimate of drug-likeness (QED) is 0.661. The molecule has 0 unspecified atom stereocenters. The van der Waals surface area contributed by atoms with Gasteiger partial charge in [-0.05, 0) is 26.8 Å². The second-order valence-corrected chi connectivity index (χ2v) is 7.28. The standard InChI is InChI=1S/C11H19N5O2S2/c1-8-13-7-9(14-8)20(17,18)15-11(10(12)19)3-5-16(2)6-4-11/h7,15H,3-6H2,1-2H3,(H2,12,19)(H,13,14). The van der Waals surface area contributed by atoms with Crippen molar-refractivity contribution in [2.24, 2.45) is 5.73 Å². The summed E-state index contributed by atoms with van der Waals surface area (Å²) in [6, 6.07) is 0. The van der Waals surface area contributed by atoms with Gasteiger partial charge in [-0.3, -0.25) is 0 Å². The number of likely N-dealkylation sites (tertiary alicyclic amines) is 1. The first kappa shape index (κ1) is 15.4. The zero-order chi connectivity index (χ0) is 15.0. The highest BCUT2D eigenvalue weighted by Crippen LogP contribution is 2.24. The molecule has 112 valence electrons. The lowest BCUT2D eigenvalue weighted by Gasteiger charge is -2.39. The van der Waals surface area contributed by atoms with Crippen molar-refractivity contribution in [2.75, 3.05) is 20.1 Å². The van der Waals surface area contributed by atoms with Crippen LogP contribution in [0.4, 0.5) is 0 Å². The zero-order valence-corrected chi connectivity index (χ0v) is 13.1. The van der Waals surface area contributed by atoms with Crippen LogP contribution in [0.1, 0.15) is 18.7 Å². The third kappa shape index (κ3) is 3.00. The van der Waals surface area contributed by atoms with Crippen molar-refractivity contribution in [2.45, 2.75) is 30.3 Å². The summed E-state index contributed by atoms with van der Waals surface area (Å²) in [4.78, 5) is 8.93. The van der Waals surface area contributed by atoms with Crippen LogP contribution in [0.3, 0.4) is 0 Å². The largest absolute Gasteiger partial charge is 0.392 e. The second kappa shape index (κ2) is 5.40. The zero-order valence-electron chi connectivity index (χ0n) is 11.5. The van der Waals surface area contributed by atoms with E-state index in [1.165, 1.54) is 6.20 Å². The van der Waals surface area contributed by atoms with Gasteiger partial charge in [0.15, 0.2) is 5.03 Å². The number of imidazole rings is 1. The van der Waals surface area contributed by atoms with Gasteiger partial charge in [0.1, 0.15) is 5.82 Å². The molecule has 1 saturated heterocycles. The van der Waals surface area contributed by atoms with Crippen molar-refractivity contribution in [1.82, 2.24) is 19.6 Å². The second-order valence-electron chi connectivity index (χ2n) is 5.19. The molecular formula is C11H19N5O2S2. The topological polar surface area (TPSA) is 104 Å². The molecule has 0 bridgehead atoms. The lowest BCUT2D eigenvalue weighted by atomic mass is 9.89. The van der Waals surface area contributed by atoms with E-state index in [0.717, 1.165) is 13.1 Å². The minimum absolute atomic E-state index is 0.0320. The van der Waals surface area contributed by atoms with Crippen LogP contribution in [0.25, 0.3) is 0 Å². The Labute approximate surface area is 124 Å². The molecule has 1 aliphatic heterocycles. The number of rotatable bonds is 4. The van der Waals surface area contributed by atoms with E-state index >= 15 is 0 Å². The number of sulfonamides is 1. The van der Waals surface area contributed by atoms with Crippen LogP contribution < -0.4 is 10.5 Å². The maximum Gasteiger partial charge on any atom is 0.258 e. The van der Waals surface area contributed by atoms with Crippen molar-refractivity contribution in [1.29, 1.82) is 0 Å². The number of nitrogens with zero attached hydrogens (tertiary/aromatic N) is 2. The van der Waals surface area contributed by atoms with Gasteiger partial charge in [-0.15, -0.1) is 0 Å². The fourth-order valence-electron chi connectivity index (χ4n) is 2.25. The SMILES string of the molecule is Cc1ncc(S(=O)(=O)NC2(C(N)=S)CCN(C)CC2)[nH]1. The molecule has 20 heavy (non-hydrogen) atoms. The molecular weight excluding hydrogens is 298 g/mol. The van der Waals surface area contributed by atoms with E-state index in [9.17, 15) is 8.42 Å². The first-order valence-corrected chi connectivity index (χ1v) is 8.18. The van der Waals surface area contributed by atoms with Gasteiger partial charge in [0, 0.05) is 13.1 Å². The normalized spacial score (nSPS) is 19.9. The van der Waals surface area contributed by atoms with Gasteiger partial charge in [0.05, 0.1) is 16.7 Å². The van der Waals surface area contributed by atoms with Gasteiger partial charge in [-0.2, -0.15) is 4.72 Å². The average Bonchev–Trinajstić information content (AvgIpc) is 2.79. The molecule has 1 aliphatic rings. The van der Waals surface area contributed by atoms with E-state index in [1.54, 1.807) is 6.92 Å². The van der Waals surface area contributed by atoms with Crippen LogP contribution in [0.15, 0.2) is 11.2 Å². The Kier molecular flexibility index (Phi) is 4.14. The molecule has 0 saturated carbocycles. The molecule has 0 aromatic carbocycles. The summed E-state index contributed by atoms with van der Waals surface area (Å²) in [5.74, 6) is 0.540. The summed E-state index contributed by atoms with van der Waals surface area (Å²) in [7, 11) is -1.73. The highest BCUT2D eigenvalue weighted by Gasteiger charge is 2.40. The maximum absolute atomic E-state index is 12.4. The van der Waals surface area contributed by atoms with Crippen molar-refractivity contribution < 1.29 is 8.42 Å². The van der Waals surface area contributed by atoms with E-state index < -0.39 is 15.6 Å². The number of nitrogens with two attached hydrogens (primary N) is 1. The first-order valence-electron chi connectivity index (χ1n) is 6.29. The summed E-state index contributed by atoms with van der Waals surface area (Å²) in [6.45, 7) is 3.17. The number of H-pyrrole nitrogens is 1. The minimum Gasteiger partial charge on any atom is -0.392 e. The minimum atomic E-state index is -3.71. The summed E-state index contributed by atoms with van der Waals surface area (Å²) in [5.41, 5.74) is 4.94. The summed E-state index contributed by atoms with van der Waals surface area (Å²) in [6.07, 6.45) is 2.41. The maximum atomic E-state index is 12.4. The molecule has 0 amide bonds. The number of hydrogen-bond acceptors (Lipinski definition) is 5. The van der Waals surface area contributed by atoms with Crippen molar-refractivity contribution in [3.63, 3.8) is 0 Å². The molecule has 2 rings (SSSR count). The van der Waals surface area contributed by atoms with E-state index in [-0.39, 0.29) is 10.0 Å². The highest BCUT2D eigenvalue weighted by molar-refractivity contribution is 7.89. The van der Waals surface area contributed by atoms with Crippen LogP contribution in [0.2, 0.25) is 0 Å². The van der Waals surface area contributed by atoms with Crippen molar-refractivity contribution in [3.05, 3.63) is 12.0 Å².